The van der Waals surface area contributed by atoms with Crippen LogP contribution < -0.4 is 5.32 Å². The molecule has 0 saturated heterocycles. The van der Waals surface area contributed by atoms with Crippen molar-refractivity contribution in [1.82, 2.24) is 10.2 Å². The molecule has 1 amide bonds. The summed E-state index contributed by atoms with van der Waals surface area (Å²) in [6, 6.07) is 0.0804. The Labute approximate surface area is 103 Å². The van der Waals surface area contributed by atoms with E-state index in [1.54, 1.807) is 4.90 Å². The van der Waals surface area contributed by atoms with E-state index in [2.05, 4.69) is 5.32 Å². The van der Waals surface area contributed by atoms with E-state index < -0.39 is 5.97 Å². The van der Waals surface area contributed by atoms with Gasteiger partial charge < -0.3 is 10.4 Å². The van der Waals surface area contributed by atoms with Crippen LogP contribution in [0, 0.1) is 0 Å². The molecule has 0 rings (SSSR count). The summed E-state index contributed by atoms with van der Waals surface area (Å²) in [5.41, 5.74) is -0.290. The Hall–Kier alpha value is -1.10. The molecule has 17 heavy (non-hydrogen) atoms. The normalized spacial score (nSPS) is 13.5. The van der Waals surface area contributed by atoms with Gasteiger partial charge in [-0.3, -0.25) is 14.5 Å². The lowest BCUT2D eigenvalue weighted by atomic mass is 10.1. The van der Waals surface area contributed by atoms with Gasteiger partial charge in [0.25, 0.3) is 0 Å². The second-order valence-corrected chi connectivity index (χ2v) is 5.35. The van der Waals surface area contributed by atoms with Crippen LogP contribution in [0.1, 0.15) is 41.0 Å². The minimum absolute atomic E-state index is 0.0804. The fourth-order valence-electron chi connectivity index (χ4n) is 1.44. The van der Waals surface area contributed by atoms with Crippen molar-refractivity contribution in [3.63, 3.8) is 0 Å². The third-order valence-corrected chi connectivity index (χ3v) is 2.41. The molecular weight excluding hydrogens is 220 g/mol. The molecule has 0 aliphatic carbocycles. The molecular formula is C12H24N2O3. The van der Waals surface area contributed by atoms with Crippen molar-refractivity contribution in [3.8, 4) is 0 Å². The van der Waals surface area contributed by atoms with E-state index >= 15 is 0 Å². The molecule has 0 aromatic carbocycles. The molecule has 0 aliphatic rings. The fourth-order valence-corrected chi connectivity index (χ4v) is 1.44. The van der Waals surface area contributed by atoms with Gasteiger partial charge in [-0.15, -0.1) is 0 Å². The first-order chi connectivity index (χ1) is 7.65. The summed E-state index contributed by atoms with van der Waals surface area (Å²) in [5.74, 6) is -1.05. The van der Waals surface area contributed by atoms with Gasteiger partial charge in [-0.1, -0.05) is 6.92 Å². The number of carbonyl (C=O) groups excluding carboxylic acids is 1. The number of hydrogen-bond donors (Lipinski definition) is 2. The second-order valence-electron chi connectivity index (χ2n) is 5.35. The van der Waals surface area contributed by atoms with E-state index in [0.29, 0.717) is 0 Å². The Bertz CT molecular complexity index is 271. The zero-order chi connectivity index (χ0) is 13.6. The Morgan fingerprint density at radius 3 is 2.18 bits per heavy atom. The number of carboxylic acids is 1. The van der Waals surface area contributed by atoms with Gasteiger partial charge in [0.05, 0.1) is 13.1 Å². The van der Waals surface area contributed by atoms with Gasteiger partial charge in [-0.25, -0.2) is 0 Å². The van der Waals surface area contributed by atoms with Crippen LogP contribution in [-0.2, 0) is 9.59 Å². The lowest BCUT2D eigenvalue weighted by Crippen LogP contribution is -2.49. The largest absolute Gasteiger partial charge is 0.480 e. The molecule has 0 aliphatic heterocycles. The molecule has 2 N–H and O–H groups in total. The van der Waals surface area contributed by atoms with Crippen LogP contribution in [-0.4, -0.2) is 46.6 Å². The molecule has 0 aromatic heterocycles. The van der Waals surface area contributed by atoms with Crippen LogP contribution >= 0.6 is 0 Å². The monoisotopic (exact) mass is 244 g/mol. The van der Waals surface area contributed by atoms with Gasteiger partial charge in [-0.2, -0.15) is 0 Å². The van der Waals surface area contributed by atoms with E-state index in [1.807, 2.05) is 34.6 Å². The summed E-state index contributed by atoms with van der Waals surface area (Å²) in [4.78, 5) is 24.1. The quantitative estimate of drug-likeness (QED) is 0.733. The minimum atomic E-state index is -0.908. The maximum Gasteiger partial charge on any atom is 0.317 e. The van der Waals surface area contributed by atoms with Crippen LogP contribution in [0.5, 0.6) is 0 Å². The van der Waals surface area contributed by atoms with E-state index in [4.69, 9.17) is 5.11 Å². The Morgan fingerprint density at radius 1 is 1.29 bits per heavy atom. The molecule has 0 aromatic rings. The Morgan fingerprint density at radius 2 is 1.82 bits per heavy atom. The smallest absolute Gasteiger partial charge is 0.317 e. The molecule has 0 bridgehead atoms. The summed E-state index contributed by atoms with van der Waals surface area (Å²) < 4.78 is 0. The number of hydrogen-bond acceptors (Lipinski definition) is 3. The third kappa shape index (κ3) is 7.74. The third-order valence-electron chi connectivity index (χ3n) is 2.41. The number of nitrogens with one attached hydrogen (secondary N) is 1. The van der Waals surface area contributed by atoms with E-state index in [0.717, 1.165) is 6.42 Å². The number of aliphatic carboxylic acids is 1. The Kier molecular flexibility index (Phi) is 6.16. The van der Waals surface area contributed by atoms with Crippen molar-refractivity contribution in [3.05, 3.63) is 0 Å². The summed E-state index contributed by atoms with van der Waals surface area (Å²) in [7, 11) is 0. The average molecular weight is 244 g/mol. The molecule has 0 saturated carbocycles. The highest BCUT2D eigenvalue weighted by Gasteiger charge is 2.21. The highest BCUT2D eigenvalue weighted by Crippen LogP contribution is 2.04. The summed E-state index contributed by atoms with van der Waals surface area (Å²) in [6.45, 7) is 9.61. The summed E-state index contributed by atoms with van der Waals surface area (Å²) in [6.07, 6.45) is 0.816. The molecule has 5 heteroatoms. The lowest BCUT2D eigenvalue weighted by molar-refractivity contribution is -0.139. The van der Waals surface area contributed by atoms with Crippen molar-refractivity contribution in [1.29, 1.82) is 0 Å². The van der Waals surface area contributed by atoms with Crippen molar-refractivity contribution in [2.75, 3.05) is 13.1 Å². The van der Waals surface area contributed by atoms with Gasteiger partial charge in [0.2, 0.25) is 5.91 Å². The van der Waals surface area contributed by atoms with Crippen LogP contribution in [0.15, 0.2) is 0 Å². The molecule has 0 spiro atoms. The molecule has 0 heterocycles. The zero-order valence-electron chi connectivity index (χ0n) is 11.4. The lowest BCUT2D eigenvalue weighted by Gasteiger charge is -2.28. The number of nitrogens with zero attached hydrogens (tertiary/aromatic N) is 1. The molecule has 1 atom stereocenters. The van der Waals surface area contributed by atoms with Gasteiger partial charge in [0, 0.05) is 11.6 Å². The molecule has 5 nitrogen and oxygen atoms in total. The molecule has 0 fully saturated rings. The zero-order valence-corrected chi connectivity index (χ0v) is 11.4. The van der Waals surface area contributed by atoms with Crippen molar-refractivity contribution in [2.45, 2.75) is 52.6 Å². The number of rotatable bonds is 6. The van der Waals surface area contributed by atoms with Crippen LogP contribution in [0.2, 0.25) is 0 Å². The maximum absolute atomic E-state index is 11.7. The van der Waals surface area contributed by atoms with Crippen LogP contribution in [0.25, 0.3) is 0 Å². The number of carbonyl (C=O) groups is 2. The van der Waals surface area contributed by atoms with E-state index in [9.17, 15) is 9.59 Å². The Balaban J connectivity index is 4.42. The van der Waals surface area contributed by atoms with Gasteiger partial charge >= 0.3 is 5.97 Å². The SMILES string of the molecule is CCC(C)N(CC(=O)O)CC(=O)NC(C)(C)C. The predicted octanol–water partition coefficient (Wildman–Crippen LogP) is 1.09. The van der Waals surface area contributed by atoms with Crippen molar-refractivity contribution in [2.24, 2.45) is 0 Å². The fraction of sp³-hybridized carbons (Fsp3) is 0.833. The highest BCUT2D eigenvalue weighted by atomic mass is 16.4. The van der Waals surface area contributed by atoms with E-state index in [-0.39, 0.29) is 30.6 Å². The first-order valence-electron chi connectivity index (χ1n) is 5.92. The molecule has 1 unspecified atom stereocenters. The first kappa shape index (κ1) is 15.9. The average Bonchev–Trinajstić information content (AvgIpc) is 2.11. The molecule has 0 radical (unpaired) electrons. The van der Waals surface area contributed by atoms with E-state index in [1.165, 1.54) is 0 Å². The van der Waals surface area contributed by atoms with Gasteiger partial charge in [0.1, 0.15) is 0 Å². The maximum atomic E-state index is 11.7. The van der Waals surface area contributed by atoms with Crippen LogP contribution in [0.3, 0.4) is 0 Å². The first-order valence-corrected chi connectivity index (χ1v) is 5.92. The highest BCUT2D eigenvalue weighted by molar-refractivity contribution is 5.79. The summed E-state index contributed by atoms with van der Waals surface area (Å²) >= 11 is 0. The van der Waals surface area contributed by atoms with Crippen molar-refractivity contribution >= 4 is 11.9 Å². The van der Waals surface area contributed by atoms with Gasteiger partial charge in [0.15, 0.2) is 0 Å². The van der Waals surface area contributed by atoms with Gasteiger partial charge in [-0.05, 0) is 34.1 Å². The van der Waals surface area contributed by atoms with Crippen LogP contribution in [0.4, 0.5) is 0 Å². The number of carboxylic acid groups (broad SMARTS) is 1. The number of amides is 1. The van der Waals surface area contributed by atoms with Crippen molar-refractivity contribution < 1.29 is 14.7 Å². The topological polar surface area (TPSA) is 69.6 Å². The second kappa shape index (κ2) is 6.59. The standard InChI is InChI=1S/C12H24N2O3/c1-6-9(2)14(8-11(16)17)7-10(15)13-12(3,4)5/h9H,6-8H2,1-5H3,(H,13,15)(H,16,17). The molecule has 100 valence electrons. The predicted molar refractivity (Wildman–Crippen MR) is 66.9 cm³/mol. The summed E-state index contributed by atoms with van der Waals surface area (Å²) in [5, 5.41) is 11.6. The minimum Gasteiger partial charge on any atom is -0.480 e.